The van der Waals surface area contributed by atoms with E-state index < -0.39 is 0 Å². The summed E-state index contributed by atoms with van der Waals surface area (Å²) in [5, 5.41) is 0. The summed E-state index contributed by atoms with van der Waals surface area (Å²) in [7, 11) is 0. The molecule has 4 rings (SSSR count). The molecule has 3 aliphatic rings. The number of fused-ring (bicyclic) bond motifs is 1. The maximum absolute atomic E-state index is 2.37. The van der Waals surface area contributed by atoms with E-state index in [4.69, 9.17) is 0 Å². The van der Waals surface area contributed by atoms with Crippen molar-refractivity contribution in [1.29, 1.82) is 0 Å². The Kier molecular flexibility index (Phi) is 2.91. The topological polar surface area (TPSA) is 0 Å². The van der Waals surface area contributed by atoms with E-state index >= 15 is 0 Å². The number of benzene rings is 1. The van der Waals surface area contributed by atoms with Crippen molar-refractivity contribution in [1.82, 2.24) is 0 Å². The summed E-state index contributed by atoms with van der Waals surface area (Å²) < 4.78 is 0. The first-order valence-corrected chi connectivity index (χ1v) is 8.18. The zero-order chi connectivity index (χ0) is 15.3. The van der Waals surface area contributed by atoms with E-state index in [1.807, 2.05) is 0 Å². The van der Waals surface area contributed by atoms with Gasteiger partial charge in [0.1, 0.15) is 0 Å². The van der Waals surface area contributed by atoms with Gasteiger partial charge in [0.15, 0.2) is 0 Å². The summed E-state index contributed by atoms with van der Waals surface area (Å²) in [6.07, 6.45) is 15.7. The largest absolute Gasteiger partial charge is 0.0801 e. The van der Waals surface area contributed by atoms with E-state index in [-0.39, 0.29) is 5.41 Å². The third-order valence-electron chi connectivity index (χ3n) is 5.31. The van der Waals surface area contributed by atoms with E-state index in [2.05, 4.69) is 75.4 Å². The number of rotatable bonds is 0. The average Bonchev–Trinajstić information content (AvgIpc) is 2.82. The molecule has 1 aromatic rings. The minimum Gasteiger partial charge on any atom is -0.0801 e. The SMILES string of the molecule is CC1=C2C3=C(C=CC=CC3)C(C)(C)c3cccc(c32)CC=C1. The third-order valence-corrected chi connectivity index (χ3v) is 5.31. The molecule has 0 radical (unpaired) electrons. The van der Waals surface area contributed by atoms with Gasteiger partial charge in [0, 0.05) is 5.41 Å². The van der Waals surface area contributed by atoms with E-state index in [0.717, 1.165) is 12.8 Å². The molecule has 0 nitrogen and oxygen atoms in total. The summed E-state index contributed by atoms with van der Waals surface area (Å²) in [4.78, 5) is 0. The quantitative estimate of drug-likeness (QED) is 0.576. The molecule has 0 fully saturated rings. The van der Waals surface area contributed by atoms with Crippen molar-refractivity contribution < 1.29 is 0 Å². The normalized spacial score (nSPS) is 21.4. The molecule has 22 heavy (non-hydrogen) atoms. The molecule has 0 heteroatoms. The summed E-state index contributed by atoms with van der Waals surface area (Å²) in [5.41, 5.74) is 10.4. The Balaban J connectivity index is 2.14. The van der Waals surface area contributed by atoms with Crippen molar-refractivity contribution in [2.24, 2.45) is 0 Å². The standard InChI is InChI=1S/C22H22/c1-15-9-7-10-16-11-8-14-19-21(16)20(15)17-12-5-4-6-13-18(17)22(19,2)3/h4-9,11,13-14H,10,12H2,1-3H3. The molecule has 1 aromatic carbocycles. The molecular formula is C22H22. The average molecular weight is 286 g/mol. The highest BCUT2D eigenvalue weighted by molar-refractivity contribution is 5.91. The fourth-order valence-electron chi connectivity index (χ4n) is 4.21. The smallest absolute Gasteiger partial charge is 0.0155 e. The molecule has 0 atom stereocenters. The molecule has 0 bridgehead atoms. The predicted octanol–water partition coefficient (Wildman–Crippen LogP) is 5.68. The van der Waals surface area contributed by atoms with Gasteiger partial charge in [0.2, 0.25) is 0 Å². The van der Waals surface area contributed by atoms with Crippen LogP contribution in [0.1, 0.15) is 43.9 Å². The van der Waals surface area contributed by atoms with Gasteiger partial charge in [-0.05, 0) is 58.7 Å². The molecule has 0 unspecified atom stereocenters. The Hall–Kier alpha value is -2.08. The zero-order valence-corrected chi connectivity index (χ0v) is 13.6. The molecule has 0 spiro atoms. The van der Waals surface area contributed by atoms with Crippen LogP contribution in [-0.4, -0.2) is 0 Å². The van der Waals surface area contributed by atoms with Gasteiger partial charge in [-0.15, -0.1) is 0 Å². The Morgan fingerprint density at radius 3 is 2.68 bits per heavy atom. The van der Waals surface area contributed by atoms with Gasteiger partial charge < -0.3 is 0 Å². The van der Waals surface area contributed by atoms with Crippen molar-refractivity contribution in [3.05, 3.63) is 88.1 Å². The predicted molar refractivity (Wildman–Crippen MR) is 94.8 cm³/mol. The minimum absolute atomic E-state index is 0.0668. The van der Waals surface area contributed by atoms with E-state index in [9.17, 15) is 0 Å². The molecule has 0 saturated carbocycles. The first-order valence-electron chi connectivity index (χ1n) is 8.18. The van der Waals surface area contributed by atoms with E-state index in [1.165, 1.54) is 39.0 Å². The monoisotopic (exact) mass is 286 g/mol. The second-order valence-electron chi connectivity index (χ2n) is 7.01. The van der Waals surface area contributed by atoms with Crippen LogP contribution in [0.15, 0.2) is 71.4 Å². The Morgan fingerprint density at radius 1 is 0.955 bits per heavy atom. The summed E-state index contributed by atoms with van der Waals surface area (Å²) in [6.45, 7) is 7.01. The first-order chi connectivity index (χ1) is 10.6. The molecule has 0 heterocycles. The van der Waals surface area contributed by atoms with Gasteiger partial charge in [-0.2, -0.15) is 0 Å². The lowest BCUT2D eigenvalue weighted by Gasteiger charge is -2.38. The van der Waals surface area contributed by atoms with Crippen molar-refractivity contribution in [2.45, 2.75) is 39.0 Å². The maximum atomic E-state index is 2.37. The Bertz CT molecular complexity index is 804. The van der Waals surface area contributed by atoms with Gasteiger partial charge >= 0.3 is 0 Å². The van der Waals surface area contributed by atoms with Crippen LogP contribution in [-0.2, 0) is 11.8 Å². The Morgan fingerprint density at radius 2 is 1.82 bits per heavy atom. The van der Waals surface area contributed by atoms with E-state index in [1.54, 1.807) is 0 Å². The zero-order valence-electron chi connectivity index (χ0n) is 13.6. The highest BCUT2D eigenvalue weighted by atomic mass is 14.4. The molecular weight excluding hydrogens is 264 g/mol. The van der Waals surface area contributed by atoms with Gasteiger partial charge in [-0.1, -0.05) is 68.5 Å². The van der Waals surface area contributed by atoms with Crippen LogP contribution >= 0.6 is 0 Å². The van der Waals surface area contributed by atoms with Crippen molar-refractivity contribution in [3.63, 3.8) is 0 Å². The lowest BCUT2D eigenvalue weighted by Crippen LogP contribution is -2.27. The van der Waals surface area contributed by atoms with Crippen LogP contribution in [0.25, 0.3) is 5.57 Å². The molecule has 110 valence electrons. The number of allylic oxidation sites excluding steroid dienone is 10. The fraction of sp³-hybridized carbons (Fsp3) is 0.273. The van der Waals surface area contributed by atoms with Crippen LogP contribution in [0.3, 0.4) is 0 Å². The van der Waals surface area contributed by atoms with Crippen LogP contribution in [0, 0.1) is 0 Å². The van der Waals surface area contributed by atoms with Crippen LogP contribution < -0.4 is 0 Å². The van der Waals surface area contributed by atoms with Crippen molar-refractivity contribution in [3.8, 4) is 0 Å². The highest BCUT2D eigenvalue weighted by Crippen LogP contribution is 2.51. The van der Waals surface area contributed by atoms with Gasteiger partial charge in [-0.3, -0.25) is 0 Å². The van der Waals surface area contributed by atoms with Gasteiger partial charge in [-0.25, -0.2) is 0 Å². The molecule has 0 amide bonds. The number of hydrogen-bond donors (Lipinski definition) is 0. The maximum Gasteiger partial charge on any atom is 0.0155 e. The highest BCUT2D eigenvalue weighted by Gasteiger charge is 2.37. The van der Waals surface area contributed by atoms with Gasteiger partial charge in [0.25, 0.3) is 0 Å². The molecule has 0 saturated heterocycles. The Labute approximate surface area is 133 Å². The lowest BCUT2D eigenvalue weighted by molar-refractivity contribution is 0.623. The van der Waals surface area contributed by atoms with Crippen molar-refractivity contribution in [2.75, 3.05) is 0 Å². The summed E-state index contributed by atoms with van der Waals surface area (Å²) in [5.74, 6) is 0. The second-order valence-corrected chi connectivity index (χ2v) is 7.01. The minimum atomic E-state index is 0.0668. The van der Waals surface area contributed by atoms with Crippen LogP contribution in [0.2, 0.25) is 0 Å². The number of hydrogen-bond acceptors (Lipinski definition) is 0. The summed E-state index contributed by atoms with van der Waals surface area (Å²) >= 11 is 0. The van der Waals surface area contributed by atoms with Crippen molar-refractivity contribution >= 4 is 5.57 Å². The molecule has 3 aliphatic carbocycles. The van der Waals surface area contributed by atoms with E-state index in [0.29, 0.717) is 0 Å². The van der Waals surface area contributed by atoms with Crippen LogP contribution in [0.5, 0.6) is 0 Å². The second kappa shape index (κ2) is 4.71. The molecule has 0 aliphatic heterocycles. The third kappa shape index (κ3) is 1.76. The molecule has 0 N–H and O–H groups in total. The first kappa shape index (κ1) is 13.6. The van der Waals surface area contributed by atoms with Gasteiger partial charge in [0.05, 0.1) is 0 Å². The fourth-order valence-corrected chi connectivity index (χ4v) is 4.21. The molecule has 0 aromatic heterocycles. The lowest BCUT2D eigenvalue weighted by atomic mass is 9.65. The summed E-state index contributed by atoms with van der Waals surface area (Å²) in [6, 6.07) is 6.85. The van der Waals surface area contributed by atoms with Crippen LogP contribution in [0.4, 0.5) is 0 Å².